The van der Waals surface area contributed by atoms with E-state index in [4.69, 9.17) is 19.3 Å². The molecule has 0 radical (unpaired) electrons. The third-order valence-corrected chi connectivity index (χ3v) is 6.43. The Balaban J connectivity index is 0.00000289. The van der Waals surface area contributed by atoms with Crippen molar-refractivity contribution < 1.29 is 18.5 Å². The molecule has 0 amide bonds. The SMILES string of the molecule is CCC(OP(=O)(O)OCCC#N)c1cc2n(c(=O)c1C)Cc1cc3ccccc3nc1-2.[NaH]. The van der Waals surface area contributed by atoms with Crippen LogP contribution in [-0.2, 0) is 20.2 Å². The molecule has 4 rings (SSSR count). The first-order valence-corrected chi connectivity index (χ1v) is 11.5. The average molecular weight is 463 g/mol. The van der Waals surface area contributed by atoms with Gasteiger partial charge in [0.05, 0.1) is 48.7 Å². The van der Waals surface area contributed by atoms with E-state index in [1.54, 1.807) is 18.4 Å². The van der Waals surface area contributed by atoms with Gasteiger partial charge in [-0.1, -0.05) is 25.1 Å². The van der Waals surface area contributed by atoms with Crippen molar-refractivity contribution >= 4 is 48.3 Å². The van der Waals surface area contributed by atoms with Gasteiger partial charge in [-0.05, 0) is 37.1 Å². The van der Waals surface area contributed by atoms with Gasteiger partial charge in [0.2, 0.25) is 0 Å². The van der Waals surface area contributed by atoms with Gasteiger partial charge in [-0.15, -0.1) is 0 Å². The number of para-hydroxylation sites is 1. The van der Waals surface area contributed by atoms with Crippen LogP contribution in [-0.4, -0.2) is 50.6 Å². The summed E-state index contributed by atoms with van der Waals surface area (Å²) >= 11 is 0. The zero-order valence-electron chi connectivity index (χ0n) is 17.2. The number of benzene rings is 1. The molecule has 0 saturated carbocycles. The molecule has 10 heteroatoms. The van der Waals surface area contributed by atoms with E-state index >= 15 is 0 Å². The minimum atomic E-state index is -4.39. The molecule has 3 heterocycles. The number of aromatic nitrogens is 2. The van der Waals surface area contributed by atoms with Gasteiger partial charge in [0.15, 0.2) is 0 Å². The summed E-state index contributed by atoms with van der Waals surface area (Å²) < 4.78 is 24.2. The number of nitrogens with zero attached hydrogens (tertiary/aromatic N) is 3. The van der Waals surface area contributed by atoms with E-state index in [1.807, 2.05) is 42.5 Å². The summed E-state index contributed by atoms with van der Waals surface area (Å²) in [5.41, 5.74) is 3.96. The normalized spacial score (nSPS) is 14.7. The Morgan fingerprint density at radius 1 is 1.34 bits per heavy atom. The molecule has 32 heavy (non-hydrogen) atoms. The van der Waals surface area contributed by atoms with Gasteiger partial charge in [0.25, 0.3) is 5.56 Å². The first-order chi connectivity index (χ1) is 14.8. The maximum absolute atomic E-state index is 13.1. The van der Waals surface area contributed by atoms with Crippen LogP contribution in [0.5, 0.6) is 0 Å². The molecule has 1 aromatic carbocycles. The molecule has 3 aromatic rings. The molecule has 2 atom stereocenters. The Hall–Kier alpha value is -1.82. The molecule has 162 valence electrons. The molecule has 0 spiro atoms. The van der Waals surface area contributed by atoms with Crippen LogP contribution in [0.2, 0.25) is 0 Å². The summed E-state index contributed by atoms with van der Waals surface area (Å²) in [4.78, 5) is 27.9. The van der Waals surface area contributed by atoms with Crippen LogP contribution in [0.3, 0.4) is 0 Å². The van der Waals surface area contributed by atoms with Crippen molar-refractivity contribution in [2.45, 2.75) is 39.3 Å². The molecule has 0 saturated heterocycles. The van der Waals surface area contributed by atoms with E-state index in [-0.39, 0.29) is 48.1 Å². The fourth-order valence-electron chi connectivity index (χ4n) is 3.88. The van der Waals surface area contributed by atoms with Crippen molar-refractivity contribution in [2.75, 3.05) is 6.61 Å². The van der Waals surface area contributed by atoms with Crippen LogP contribution in [0.25, 0.3) is 22.3 Å². The standard InChI is InChI=1S/C22H22N3O5P.Na.H/c1-3-20(30-31(27,28)29-10-6-9-23)17-12-19-21-16(13-25(19)22(26)14(17)2)11-15-7-4-5-8-18(15)24-21;;/h4-5,7-8,11-12,20H,3,6,10,13H2,1-2H3,(H,27,28);;. The Morgan fingerprint density at radius 3 is 2.81 bits per heavy atom. The molecule has 1 aliphatic rings. The molecule has 1 N–H and O–H groups in total. The van der Waals surface area contributed by atoms with Crippen molar-refractivity contribution in [3.8, 4) is 17.5 Å². The zero-order chi connectivity index (χ0) is 22.2. The van der Waals surface area contributed by atoms with E-state index < -0.39 is 13.9 Å². The van der Waals surface area contributed by atoms with E-state index in [2.05, 4.69) is 0 Å². The zero-order valence-corrected chi connectivity index (χ0v) is 18.1. The van der Waals surface area contributed by atoms with Gasteiger partial charge in [-0.3, -0.25) is 13.8 Å². The number of pyridine rings is 2. The molecule has 0 aliphatic carbocycles. The van der Waals surface area contributed by atoms with Crippen molar-refractivity contribution in [1.29, 1.82) is 5.26 Å². The second-order valence-corrected chi connectivity index (χ2v) is 8.81. The van der Waals surface area contributed by atoms with Crippen LogP contribution >= 0.6 is 7.82 Å². The summed E-state index contributed by atoms with van der Waals surface area (Å²) in [5.74, 6) is 0. The Kier molecular flexibility index (Phi) is 7.74. The summed E-state index contributed by atoms with van der Waals surface area (Å²) in [6.45, 7) is 3.69. The Bertz CT molecular complexity index is 1320. The van der Waals surface area contributed by atoms with Crippen molar-refractivity contribution in [2.24, 2.45) is 0 Å². The maximum atomic E-state index is 13.1. The summed E-state index contributed by atoms with van der Waals surface area (Å²) in [7, 11) is -4.39. The van der Waals surface area contributed by atoms with E-state index in [0.717, 1.165) is 22.2 Å². The number of phosphoric acid groups is 1. The predicted octanol–water partition coefficient (Wildman–Crippen LogP) is 3.58. The minimum absolute atomic E-state index is 0. The average Bonchev–Trinajstić information content (AvgIpc) is 3.10. The molecule has 8 nitrogen and oxygen atoms in total. The van der Waals surface area contributed by atoms with Gasteiger partial charge in [0, 0.05) is 16.5 Å². The van der Waals surface area contributed by atoms with Gasteiger partial charge in [-0.2, -0.15) is 5.26 Å². The van der Waals surface area contributed by atoms with E-state index in [9.17, 15) is 14.3 Å². The third kappa shape index (κ3) is 4.75. The molecular formula is C22H23N3NaO5P. The summed E-state index contributed by atoms with van der Waals surface area (Å²) in [5, 5.41) is 9.59. The van der Waals surface area contributed by atoms with E-state index in [1.165, 1.54) is 0 Å². The van der Waals surface area contributed by atoms with Crippen molar-refractivity contribution in [3.05, 3.63) is 63.4 Å². The fraction of sp³-hybridized carbons (Fsp3) is 0.318. The monoisotopic (exact) mass is 463 g/mol. The number of fused-ring (bicyclic) bond motifs is 4. The molecule has 0 bridgehead atoms. The molecule has 0 fully saturated rings. The van der Waals surface area contributed by atoms with Gasteiger partial charge in [-0.25, -0.2) is 9.55 Å². The first kappa shape index (κ1) is 24.8. The number of rotatable bonds is 7. The molecule has 1 aliphatic heterocycles. The Labute approximate surface area is 207 Å². The van der Waals surface area contributed by atoms with Crippen LogP contribution < -0.4 is 5.56 Å². The fourth-order valence-corrected chi connectivity index (χ4v) is 4.84. The van der Waals surface area contributed by atoms with Crippen LogP contribution in [0, 0.1) is 18.3 Å². The van der Waals surface area contributed by atoms with Gasteiger partial charge < -0.3 is 9.46 Å². The molecule has 2 unspecified atom stereocenters. The number of nitriles is 1. The van der Waals surface area contributed by atoms with Crippen LogP contribution in [0.1, 0.15) is 42.6 Å². The predicted molar refractivity (Wildman–Crippen MR) is 123 cm³/mol. The number of hydrogen-bond donors (Lipinski definition) is 1. The van der Waals surface area contributed by atoms with Crippen molar-refractivity contribution in [3.63, 3.8) is 0 Å². The van der Waals surface area contributed by atoms with Gasteiger partial charge >= 0.3 is 37.4 Å². The molecule has 2 aromatic heterocycles. The summed E-state index contributed by atoms with van der Waals surface area (Å²) in [6, 6.07) is 13.5. The van der Waals surface area contributed by atoms with Gasteiger partial charge in [0.1, 0.15) is 0 Å². The van der Waals surface area contributed by atoms with E-state index in [0.29, 0.717) is 29.8 Å². The van der Waals surface area contributed by atoms with Crippen LogP contribution in [0.4, 0.5) is 0 Å². The second kappa shape index (κ2) is 9.98. The van der Waals surface area contributed by atoms with Crippen molar-refractivity contribution in [1.82, 2.24) is 9.55 Å². The summed E-state index contributed by atoms with van der Waals surface area (Å²) in [6.07, 6.45) is -0.491. The quantitative estimate of drug-likeness (QED) is 0.253. The second-order valence-electron chi connectivity index (χ2n) is 7.40. The topological polar surface area (TPSA) is 114 Å². The molecular weight excluding hydrogens is 440 g/mol. The Morgan fingerprint density at radius 2 is 2.09 bits per heavy atom. The first-order valence-electron chi connectivity index (χ1n) is 10.0. The number of hydrogen-bond acceptors (Lipinski definition) is 6. The van der Waals surface area contributed by atoms with Crippen LogP contribution in [0.15, 0.2) is 41.2 Å². The third-order valence-electron chi connectivity index (χ3n) is 5.40. The number of phosphoric ester groups is 1.